The number of carbonyl (C=O) groups excluding carboxylic acids is 2. The first-order valence-electron chi connectivity index (χ1n) is 15.7. The quantitative estimate of drug-likeness (QED) is 0.0906. The minimum atomic E-state index is -2.23. The molecule has 52 heavy (non-hydrogen) atoms. The fourth-order valence-corrected chi connectivity index (χ4v) is 5.44. The molecule has 0 spiro atoms. The van der Waals surface area contributed by atoms with Crippen LogP contribution in [0.2, 0.25) is 0 Å². The minimum Gasteiger partial charge on any atom is -0.502 e. The molecule has 2 aliphatic heterocycles. The summed E-state index contributed by atoms with van der Waals surface area (Å²) in [5.74, 6) is -4.23. The smallest absolute Gasteiger partial charge is 0.331 e. The maximum atomic E-state index is 12.9. The van der Waals surface area contributed by atoms with Crippen LogP contribution in [0.4, 0.5) is 0 Å². The first kappa shape index (κ1) is 40.1. The summed E-state index contributed by atoms with van der Waals surface area (Å²) >= 11 is 0. The Hall–Kier alpha value is -4.66. The molecular weight excluding hydrogens is 696 g/mol. The lowest BCUT2D eigenvalue weighted by molar-refractivity contribution is -0.383. The molecule has 0 aliphatic carbocycles. The Balaban J connectivity index is 1.45. The molecule has 0 saturated carbocycles. The van der Waals surface area contributed by atoms with E-state index in [1.165, 1.54) is 64.9 Å². The fraction of sp³-hybridized carbons (Fsp3) is 0.471. The predicted molar refractivity (Wildman–Crippen MR) is 175 cm³/mol. The number of methoxy groups -OCH3 is 4. The van der Waals surface area contributed by atoms with Crippen molar-refractivity contribution < 1.29 is 88.0 Å². The normalized spacial score (nSPS) is 27.4. The Morgan fingerprint density at radius 2 is 1.29 bits per heavy atom. The third-order valence-corrected chi connectivity index (χ3v) is 8.22. The van der Waals surface area contributed by atoms with Gasteiger partial charge in [-0.15, -0.1) is 0 Å². The third kappa shape index (κ3) is 9.03. The van der Waals surface area contributed by atoms with Crippen molar-refractivity contribution in [1.29, 1.82) is 0 Å². The third-order valence-electron chi connectivity index (χ3n) is 8.22. The Morgan fingerprint density at radius 3 is 1.75 bits per heavy atom. The lowest BCUT2D eigenvalue weighted by Gasteiger charge is -2.43. The van der Waals surface area contributed by atoms with Crippen molar-refractivity contribution in [3.8, 4) is 34.5 Å². The summed E-state index contributed by atoms with van der Waals surface area (Å²) in [5.41, 5.74) is 0.793. The molecule has 2 aromatic carbocycles. The number of esters is 2. The maximum Gasteiger partial charge on any atom is 0.331 e. The van der Waals surface area contributed by atoms with Gasteiger partial charge in [0.2, 0.25) is 17.3 Å². The van der Waals surface area contributed by atoms with Crippen LogP contribution in [-0.4, -0.2) is 145 Å². The van der Waals surface area contributed by atoms with E-state index in [-0.39, 0.29) is 40.9 Å². The van der Waals surface area contributed by atoms with Crippen LogP contribution < -0.4 is 18.9 Å². The van der Waals surface area contributed by atoms with Crippen LogP contribution in [0.3, 0.4) is 0 Å². The van der Waals surface area contributed by atoms with Crippen LogP contribution >= 0.6 is 0 Å². The van der Waals surface area contributed by atoms with Crippen LogP contribution in [0.15, 0.2) is 36.4 Å². The average Bonchev–Trinajstić information content (AvgIpc) is 3.50. The molecule has 18 heteroatoms. The molecule has 2 aliphatic rings. The number of carbonyl (C=O) groups is 2. The second kappa shape index (κ2) is 17.7. The first-order chi connectivity index (χ1) is 24.8. The van der Waals surface area contributed by atoms with Gasteiger partial charge in [0, 0.05) is 18.6 Å². The molecule has 4 rings (SSSR count). The van der Waals surface area contributed by atoms with Gasteiger partial charge in [-0.1, -0.05) is 0 Å². The number of phenolic OH excluding ortho intramolecular Hbond substituents is 2. The van der Waals surface area contributed by atoms with E-state index in [1.807, 2.05) is 0 Å². The highest BCUT2D eigenvalue weighted by molar-refractivity contribution is 5.88. The fourth-order valence-electron chi connectivity index (χ4n) is 5.44. The Kier molecular flexibility index (Phi) is 13.7. The summed E-state index contributed by atoms with van der Waals surface area (Å²) in [6.07, 6.45) is -6.75. The van der Waals surface area contributed by atoms with E-state index < -0.39 is 80.5 Å². The molecule has 2 saturated heterocycles. The molecule has 0 bridgehead atoms. The number of hydrogen-bond acceptors (Lipinski definition) is 18. The second-order valence-electron chi connectivity index (χ2n) is 11.5. The van der Waals surface area contributed by atoms with Gasteiger partial charge in [0.05, 0.1) is 41.2 Å². The topological polar surface area (TPSA) is 259 Å². The van der Waals surface area contributed by atoms with Gasteiger partial charge in [-0.3, -0.25) is 0 Å². The van der Waals surface area contributed by atoms with Crippen LogP contribution in [0, 0.1) is 0 Å². The van der Waals surface area contributed by atoms with E-state index in [9.17, 15) is 45.3 Å². The van der Waals surface area contributed by atoms with E-state index in [0.717, 1.165) is 12.2 Å². The van der Waals surface area contributed by atoms with E-state index in [4.69, 9.17) is 42.6 Å². The summed E-state index contributed by atoms with van der Waals surface area (Å²) in [4.78, 5) is 25.4. The Morgan fingerprint density at radius 1 is 0.788 bits per heavy atom. The van der Waals surface area contributed by atoms with Gasteiger partial charge in [-0.05, 0) is 47.5 Å². The number of aliphatic hydroxyl groups excluding tert-OH is 5. The number of rotatable bonds is 15. The van der Waals surface area contributed by atoms with Crippen LogP contribution in [-0.2, 0) is 33.3 Å². The molecule has 18 nitrogen and oxygen atoms in total. The monoisotopic (exact) mass is 738 g/mol. The van der Waals surface area contributed by atoms with Crippen LogP contribution in [0.25, 0.3) is 12.2 Å². The standard InChI is InChI=1S/C34H42O18/c1-44-20-9-17(10-21(45-2)28(20)39)5-7-26(37)48-15-24-30(41)31(42)32(43)33(49-24)52-34(16-36)25(13-19(14-35)51-34)50-27(38)8-6-18-11-22(46-3)29(40)23(12-18)47-4/h5-12,19,24-25,30-33,35-36,39-43H,13-16H2,1-4H3/t19-,24+,25-,30-,31+,32-,33+,34-/m1/s1. The van der Waals surface area contributed by atoms with Gasteiger partial charge in [0.15, 0.2) is 35.4 Å². The zero-order valence-electron chi connectivity index (χ0n) is 28.6. The first-order valence-corrected chi connectivity index (χ1v) is 15.7. The molecule has 8 atom stereocenters. The van der Waals surface area contributed by atoms with Crippen molar-refractivity contribution in [3.05, 3.63) is 47.5 Å². The number of aromatic hydroxyl groups is 2. The summed E-state index contributed by atoms with van der Waals surface area (Å²) in [6, 6.07) is 5.73. The van der Waals surface area contributed by atoms with Crippen molar-refractivity contribution in [1.82, 2.24) is 0 Å². The summed E-state index contributed by atoms with van der Waals surface area (Å²) < 4.78 is 48.3. The van der Waals surface area contributed by atoms with E-state index in [1.54, 1.807) is 0 Å². The molecule has 0 unspecified atom stereocenters. The molecule has 0 aromatic heterocycles. The van der Waals surface area contributed by atoms with Crippen molar-refractivity contribution in [2.45, 2.75) is 55.1 Å². The van der Waals surface area contributed by atoms with E-state index in [2.05, 4.69) is 0 Å². The number of hydrogen-bond donors (Lipinski definition) is 7. The summed E-state index contributed by atoms with van der Waals surface area (Å²) in [7, 11) is 5.33. The van der Waals surface area contributed by atoms with E-state index >= 15 is 0 Å². The zero-order chi connectivity index (χ0) is 38.2. The van der Waals surface area contributed by atoms with Gasteiger partial charge >= 0.3 is 11.9 Å². The van der Waals surface area contributed by atoms with Gasteiger partial charge in [-0.25, -0.2) is 9.59 Å². The zero-order valence-corrected chi connectivity index (χ0v) is 28.6. The highest BCUT2D eigenvalue weighted by Gasteiger charge is 2.56. The van der Waals surface area contributed by atoms with Crippen LogP contribution in [0.1, 0.15) is 17.5 Å². The second-order valence-corrected chi connectivity index (χ2v) is 11.5. The minimum absolute atomic E-state index is 0.0779. The Bertz CT molecular complexity index is 1560. The molecule has 0 radical (unpaired) electrons. The number of ether oxygens (including phenoxy) is 9. The number of aliphatic hydroxyl groups is 5. The molecule has 2 heterocycles. The summed E-state index contributed by atoms with van der Waals surface area (Å²) in [5, 5.41) is 72.4. The molecular formula is C34H42O18. The molecule has 7 N–H and O–H groups in total. The van der Waals surface area contributed by atoms with Gasteiger partial charge < -0.3 is 78.4 Å². The van der Waals surface area contributed by atoms with Gasteiger partial charge in [0.1, 0.15) is 37.6 Å². The van der Waals surface area contributed by atoms with Crippen molar-refractivity contribution >= 4 is 24.1 Å². The molecule has 2 fully saturated rings. The lowest BCUT2D eigenvalue weighted by Crippen LogP contribution is -2.62. The highest BCUT2D eigenvalue weighted by atomic mass is 16.8. The molecule has 2 aromatic rings. The van der Waals surface area contributed by atoms with Gasteiger partial charge in [-0.2, -0.15) is 0 Å². The Labute approximate surface area is 297 Å². The predicted octanol–water partition coefficient (Wildman–Crippen LogP) is -0.392. The average molecular weight is 739 g/mol. The van der Waals surface area contributed by atoms with Crippen LogP contribution in [0.5, 0.6) is 34.5 Å². The van der Waals surface area contributed by atoms with Crippen molar-refractivity contribution in [2.75, 3.05) is 48.3 Å². The largest absolute Gasteiger partial charge is 0.502 e. The molecule has 286 valence electrons. The number of benzene rings is 2. The maximum absolute atomic E-state index is 12.9. The highest BCUT2D eigenvalue weighted by Crippen LogP contribution is 2.40. The number of phenols is 2. The van der Waals surface area contributed by atoms with E-state index in [0.29, 0.717) is 11.1 Å². The lowest BCUT2D eigenvalue weighted by atomic mass is 9.99. The molecule has 0 amide bonds. The summed E-state index contributed by atoms with van der Waals surface area (Å²) in [6.45, 7) is -2.20. The van der Waals surface area contributed by atoms with Crippen molar-refractivity contribution in [2.24, 2.45) is 0 Å². The van der Waals surface area contributed by atoms with Gasteiger partial charge in [0.25, 0.3) is 0 Å². The SMILES string of the molecule is COc1cc(C=CC(=O)OC[C@@H]2O[C@@H](O[C@@]3(CO)O[C@@H](CO)C[C@H]3OC(=O)C=Cc3cc(OC)c(O)c(OC)c3)[C@H](O)[C@@H](O)[C@@H]2O)cc(OC)c1O. The van der Waals surface area contributed by atoms with Crippen molar-refractivity contribution in [3.63, 3.8) is 0 Å².